The summed E-state index contributed by atoms with van der Waals surface area (Å²) in [5.41, 5.74) is 2.47. The molecule has 23 heavy (non-hydrogen) atoms. The SMILES string of the molecule is CCN(CC)CCCNC(=O)Cc1n[nH]c(=O)c2c1CCCC2. The Kier molecular flexibility index (Phi) is 6.77. The molecule has 0 spiro atoms. The molecule has 6 nitrogen and oxygen atoms in total. The van der Waals surface area contributed by atoms with Crippen LogP contribution in [0.25, 0.3) is 0 Å². The molecule has 0 fully saturated rings. The molecule has 2 N–H and O–H groups in total. The van der Waals surface area contributed by atoms with Gasteiger partial charge in [0.25, 0.3) is 5.56 Å². The fourth-order valence-corrected chi connectivity index (χ4v) is 3.16. The molecule has 1 aromatic heterocycles. The molecule has 1 aliphatic carbocycles. The second-order valence-corrected chi connectivity index (χ2v) is 6.07. The van der Waals surface area contributed by atoms with E-state index in [0.29, 0.717) is 6.54 Å². The third-order valence-corrected chi connectivity index (χ3v) is 4.58. The minimum atomic E-state index is -0.0944. The standard InChI is InChI=1S/C17H28N4O2/c1-3-21(4-2)11-7-10-18-16(22)12-15-13-8-5-6-9-14(13)17(23)20-19-15/h3-12H2,1-2H3,(H,18,22)(H,20,23). The summed E-state index contributed by atoms with van der Waals surface area (Å²) in [5, 5.41) is 9.61. The predicted octanol–water partition coefficient (Wildman–Crippen LogP) is 1.04. The number of fused-ring (bicyclic) bond motifs is 1. The van der Waals surface area contributed by atoms with E-state index >= 15 is 0 Å². The van der Waals surface area contributed by atoms with E-state index in [1.165, 1.54) is 0 Å². The number of nitrogens with zero attached hydrogens (tertiary/aromatic N) is 2. The van der Waals surface area contributed by atoms with Gasteiger partial charge in [-0.1, -0.05) is 13.8 Å². The van der Waals surface area contributed by atoms with E-state index in [-0.39, 0.29) is 17.9 Å². The summed E-state index contributed by atoms with van der Waals surface area (Å²) in [6.07, 6.45) is 4.96. The van der Waals surface area contributed by atoms with Crippen LogP contribution in [0.4, 0.5) is 0 Å². The number of aromatic nitrogens is 2. The first kappa shape index (κ1) is 17.7. The molecule has 0 atom stereocenters. The van der Waals surface area contributed by atoms with Crippen LogP contribution in [-0.4, -0.2) is 47.2 Å². The Morgan fingerprint density at radius 2 is 1.91 bits per heavy atom. The smallest absolute Gasteiger partial charge is 0.267 e. The Bertz CT molecular complexity index is 578. The highest BCUT2D eigenvalue weighted by Gasteiger charge is 2.19. The molecule has 0 unspecified atom stereocenters. The first-order valence-corrected chi connectivity index (χ1v) is 8.74. The van der Waals surface area contributed by atoms with Crippen molar-refractivity contribution in [3.8, 4) is 0 Å². The summed E-state index contributed by atoms with van der Waals surface area (Å²) in [4.78, 5) is 26.3. The topological polar surface area (TPSA) is 78.1 Å². The minimum Gasteiger partial charge on any atom is -0.356 e. The van der Waals surface area contributed by atoms with Gasteiger partial charge < -0.3 is 10.2 Å². The Hall–Kier alpha value is -1.69. The van der Waals surface area contributed by atoms with Gasteiger partial charge in [-0.2, -0.15) is 5.10 Å². The van der Waals surface area contributed by atoms with E-state index in [4.69, 9.17) is 0 Å². The lowest BCUT2D eigenvalue weighted by atomic mass is 9.91. The Labute approximate surface area is 137 Å². The van der Waals surface area contributed by atoms with Gasteiger partial charge in [0.2, 0.25) is 5.91 Å². The molecule has 0 radical (unpaired) electrons. The van der Waals surface area contributed by atoms with Crippen molar-refractivity contribution in [2.75, 3.05) is 26.2 Å². The molecule has 1 amide bonds. The molecule has 1 heterocycles. The summed E-state index contributed by atoms with van der Waals surface area (Å²) < 4.78 is 0. The van der Waals surface area contributed by atoms with Gasteiger partial charge in [0.05, 0.1) is 12.1 Å². The first-order chi connectivity index (χ1) is 11.2. The number of aromatic amines is 1. The highest BCUT2D eigenvalue weighted by Crippen LogP contribution is 2.20. The van der Waals surface area contributed by atoms with Crippen LogP contribution in [0.5, 0.6) is 0 Å². The summed E-state index contributed by atoms with van der Waals surface area (Å²) in [5.74, 6) is -0.0168. The molecule has 0 bridgehead atoms. The van der Waals surface area contributed by atoms with Crippen molar-refractivity contribution in [3.63, 3.8) is 0 Å². The van der Waals surface area contributed by atoms with Crippen LogP contribution in [-0.2, 0) is 24.1 Å². The van der Waals surface area contributed by atoms with Crippen molar-refractivity contribution >= 4 is 5.91 Å². The maximum absolute atomic E-state index is 12.1. The van der Waals surface area contributed by atoms with Crippen LogP contribution in [0.2, 0.25) is 0 Å². The van der Waals surface area contributed by atoms with Gasteiger partial charge in [0, 0.05) is 12.1 Å². The molecule has 0 saturated carbocycles. The number of hydrogen-bond donors (Lipinski definition) is 2. The number of nitrogens with one attached hydrogen (secondary N) is 2. The van der Waals surface area contributed by atoms with E-state index in [1.807, 2.05) is 0 Å². The summed E-state index contributed by atoms with van der Waals surface area (Å²) in [6.45, 7) is 8.05. The van der Waals surface area contributed by atoms with Gasteiger partial charge in [-0.05, 0) is 57.3 Å². The van der Waals surface area contributed by atoms with Gasteiger partial charge >= 0.3 is 0 Å². The number of carbonyl (C=O) groups excluding carboxylic acids is 1. The van der Waals surface area contributed by atoms with Gasteiger partial charge in [-0.15, -0.1) is 0 Å². The van der Waals surface area contributed by atoms with Crippen molar-refractivity contribution in [2.24, 2.45) is 0 Å². The lowest BCUT2D eigenvalue weighted by Gasteiger charge is -2.18. The molecule has 1 aliphatic rings. The summed E-state index contributed by atoms with van der Waals surface area (Å²) >= 11 is 0. The lowest BCUT2D eigenvalue weighted by Crippen LogP contribution is -2.32. The molecule has 0 saturated heterocycles. The number of amides is 1. The average molecular weight is 320 g/mol. The fraction of sp³-hybridized carbons (Fsp3) is 0.706. The van der Waals surface area contributed by atoms with Crippen molar-refractivity contribution in [1.29, 1.82) is 0 Å². The molecule has 0 aromatic carbocycles. The van der Waals surface area contributed by atoms with Crippen LogP contribution >= 0.6 is 0 Å². The molecule has 6 heteroatoms. The number of carbonyl (C=O) groups is 1. The van der Waals surface area contributed by atoms with Gasteiger partial charge in [0.15, 0.2) is 0 Å². The van der Waals surface area contributed by atoms with E-state index < -0.39 is 0 Å². The molecule has 2 rings (SSSR count). The van der Waals surface area contributed by atoms with Gasteiger partial charge in [-0.25, -0.2) is 5.10 Å². The number of hydrogen-bond acceptors (Lipinski definition) is 4. The monoisotopic (exact) mass is 320 g/mol. The van der Waals surface area contributed by atoms with Crippen LogP contribution in [0, 0.1) is 0 Å². The highest BCUT2D eigenvalue weighted by molar-refractivity contribution is 5.78. The summed E-state index contributed by atoms with van der Waals surface area (Å²) in [7, 11) is 0. The first-order valence-electron chi connectivity index (χ1n) is 8.74. The largest absolute Gasteiger partial charge is 0.356 e. The molecule has 0 aliphatic heterocycles. The van der Waals surface area contributed by atoms with Crippen LogP contribution in [0.15, 0.2) is 4.79 Å². The maximum Gasteiger partial charge on any atom is 0.267 e. The average Bonchev–Trinajstić information content (AvgIpc) is 2.58. The fourth-order valence-electron chi connectivity index (χ4n) is 3.16. The minimum absolute atomic E-state index is 0.0168. The van der Waals surface area contributed by atoms with Gasteiger partial charge in [-0.3, -0.25) is 9.59 Å². The number of rotatable bonds is 8. The van der Waals surface area contributed by atoms with E-state index in [9.17, 15) is 9.59 Å². The second kappa shape index (κ2) is 8.82. The molecule has 1 aromatic rings. The van der Waals surface area contributed by atoms with Crippen LogP contribution < -0.4 is 10.9 Å². The van der Waals surface area contributed by atoms with Crippen molar-refractivity contribution in [2.45, 2.75) is 52.4 Å². The van der Waals surface area contributed by atoms with E-state index in [0.717, 1.165) is 68.6 Å². The Morgan fingerprint density at radius 3 is 2.61 bits per heavy atom. The Morgan fingerprint density at radius 1 is 1.22 bits per heavy atom. The van der Waals surface area contributed by atoms with Crippen molar-refractivity contribution in [3.05, 3.63) is 27.2 Å². The molecular weight excluding hydrogens is 292 g/mol. The molecular formula is C17H28N4O2. The van der Waals surface area contributed by atoms with Crippen LogP contribution in [0.1, 0.15) is 49.9 Å². The zero-order valence-electron chi connectivity index (χ0n) is 14.3. The quantitative estimate of drug-likeness (QED) is 0.702. The summed E-state index contributed by atoms with van der Waals surface area (Å²) in [6, 6.07) is 0. The maximum atomic E-state index is 12.1. The van der Waals surface area contributed by atoms with Gasteiger partial charge in [0.1, 0.15) is 0 Å². The zero-order valence-corrected chi connectivity index (χ0v) is 14.3. The van der Waals surface area contributed by atoms with E-state index in [1.54, 1.807) is 0 Å². The highest BCUT2D eigenvalue weighted by atomic mass is 16.1. The third-order valence-electron chi connectivity index (χ3n) is 4.58. The van der Waals surface area contributed by atoms with Crippen LogP contribution in [0.3, 0.4) is 0 Å². The van der Waals surface area contributed by atoms with E-state index in [2.05, 4.69) is 34.3 Å². The Balaban J connectivity index is 1.85. The third kappa shape index (κ3) is 4.89. The second-order valence-electron chi connectivity index (χ2n) is 6.07. The molecule has 128 valence electrons. The van der Waals surface area contributed by atoms with Crippen molar-refractivity contribution < 1.29 is 4.79 Å². The normalized spacial score (nSPS) is 13.9. The zero-order chi connectivity index (χ0) is 16.7. The lowest BCUT2D eigenvalue weighted by molar-refractivity contribution is -0.120. The predicted molar refractivity (Wildman–Crippen MR) is 90.6 cm³/mol. The van der Waals surface area contributed by atoms with Crippen molar-refractivity contribution in [1.82, 2.24) is 20.4 Å². The number of H-pyrrole nitrogens is 1.